The molecule has 2 heteroatoms. The first-order chi connectivity index (χ1) is 10.1. The van der Waals surface area contributed by atoms with Crippen LogP contribution in [0.5, 0.6) is 5.75 Å². The van der Waals surface area contributed by atoms with Crippen molar-refractivity contribution in [2.45, 2.75) is 39.7 Å². The quantitative estimate of drug-likeness (QED) is 0.720. The van der Waals surface area contributed by atoms with Gasteiger partial charge in [0.1, 0.15) is 5.75 Å². The zero-order valence-electron chi connectivity index (χ0n) is 12.9. The summed E-state index contributed by atoms with van der Waals surface area (Å²) in [5, 5.41) is 0. The number of benzene rings is 2. The predicted octanol–water partition coefficient (Wildman–Crippen LogP) is 4.66. The molecule has 0 aromatic heterocycles. The smallest absolute Gasteiger partial charge is 0.193 e. The van der Waals surface area contributed by atoms with Crippen LogP contribution in [0.15, 0.2) is 48.5 Å². The summed E-state index contributed by atoms with van der Waals surface area (Å²) in [4.78, 5) is 12.5. The molecule has 0 heterocycles. The second-order valence-corrected chi connectivity index (χ2v) is 5.47. The first kappa shape index (κ1) is 15.3. The number of carbonyl (C=O) groups excluding carboxylic acids is 1. The van der Waals surface area contributed by atoms with E-state index in [1.807, 2.05) is 62.4 Å². The van der Waals surface area contributed by atoms with Crippen LogP contribution in [-0.4, -0.2) is 11.9 Å². The summed E-state index contributed by atoms with van der Waals surface area (Å²) in [5.74, 6) is 0.769. The number of aryl methyl sites for hydroxylation is 1. The summed E-state index contributed by atoms with van der Waals surface area (Å²) in [6.45, 7) is 6.10. The monoisotopic (exact) mass is 282 g/mol. The van der Waals surface area contributed by atoms with Crippen molar-refractivity contribution in [3.8, 4) is 5.75 Å². The number of ether oxygens (including phenoxy) is 1. The maximum absolute atomic E-state index is 12.5. The first-order valence-corrected chi connectivity index (χ1v) is 7.50. The number of carbonyl (C=O) groups is 1. The molecule has 0 bridgehead atoms. The van der Waals surface area contributed by atoms with Crippen molar-refractivity contribution in [3.05, 3.63) is 65.2 Å². The van der Waals surface area contributed by atoms with Crippen molar-refractivity contribution in [1.82, 2.24) is 0 Å². The second kappa shape index (κ2) is 7.07. The third-order valence-electron chi connectivity index (χ3n) is 3.22. The van der Waals surface area contributed by atoms with Gasteiger partial charge in [0.25, 0.3) is 0 Å². The van der Waals surface area contributed by atoms with E-state index >= 15 is 0 Å². The van der Waals surface area contributed by atoms with Gasteiger partial charge in [-0.05, 0) is 38.0 Å². The van der Waals surface area contributed by atoms with Gasteiger partial charge in [0.05, 0.1) is 6.10 Å². The Labute approximate surface area is 126 Å². The van der Waals surface area contributed by atoms with E-state index in [1.165, 1.54) is 5.56 Å². The van der Waals surface area contributed by atoms with Crippen molar-refractivity contribution < 1.29 is 9.53 Å². The molecule has 0 saturated carbocycles. The van der Waals surface area contributed by atoms with Gasteiger partial charge in [0.15, 0.2) is 5.78 Å². The van der Waals surface area contributed by atoms with Crippen molar-refractivity contribution >= 4 is 5.78 Å². The van der Waals surface area contributed by atoms with Crippen LogP contribution in [0.3, 0.4) is 0 Å². The van der Waals surface area contributed by atoms with Crippen LogP contribution in [0, 0.1) is 0 Å². The Balaban J connectivity index is 2.19. The molecule has 0 atom stereocenters. The van der Waals surface area contributed by atoms with E-state index in [1.54, 1.807) is 0 Å². The molecule has 0 aliphatic heterocycles. The molecular formula is C19H22O2. The van der Waals surface area contributed by atoms with Crippen molar-refractivity contribution in [2.75, 3.05) is 0 Å². The third kappa shape index (κ3) is 4.19. The van der Waals surface area contributed by atoms with Gasteiger partial charge < -0.3 is 4.74 Å². The van der Waals surface area contributed by atoms with Gasteiger partial charge in [-0.25, -0.2) is 0 Å². The lowest BCUT2D eigenvalue weighted by Gasteiger charge is -2.10. The molecule has 0 aliphatic carbocycles. The van der Waals surface area contributed by atoms with E-state index < -0.39 is 0 Å². The maximum Gasteiger partial charge on any atom is 0.193 e. The summed E-state index contributed by atoms with van der Waals surface area (Å²) in [6, 6.07) is 15.2. The summed E-state index contributed by atoms with van der Waals surface area (Å²) >= 11 is 0. The number of hydrogen-bond acceptors (Lipinski definition) is 2. The molecule has 2 rings (SSSR count). The van der Waals surface area contributed by atoms with Crippen molar-refractivity contribution in [3.63, 3.8) is 0 Å². The lowest BCUT2D eigenvalue weighted by atomic mass is 10.0. The fourth-order valence-corrected chi connectivity index (χ4v) is 2.26. The minimum atomic E-state index is 0.0345. The van der Waals surface area contributed by atoms with Crippen molar-refractivity contribution in [2.24, 2.45) is 0 Å². The van der Waals surface area contributed by atoms with Crippen molar-refractivity contribution in [1.29, 1.82) is 0 Å². The van der Waals surface area contributed by atoms with Gasteiger partial charge in [-0.15, -0.1) is 0 Å². The zero-order chi connectivity index (χ0) is 15.2. The van der Waals surface area contributed by atoms with E-state index in [0.717, 1.165) is 24.2 Å². The Morgan fingerprint density at radius 3 is 2.38 bits per heavy atom. The van der Waals surface area contributed by atoms with Gasteiger partial charge in [-0.3, -0.25) is 4.79 Å². The van der Waals surface area contributed by atoms with Crippen LogP contribution in [-0.2, 0) is 6.42 Å². The first-order valence-electron chi connectivity index (χ1n) is 7.50. The Hall–Kier alpha value is -2.09. The lowest BCUT2D eigenvalue weighted by molar-refractivity contribution is 0.103. The Kier molecular flexibility index (Phi) is 5.15. The molecule has 0 saturated heterocycles. The van der Waals surface area contributed by atoms with Gasteiger partial charge >= 0.3 is 0 Å². The van der Waals surface area contributed by atoms with E-state index in [9.17, 15) is 4.79 Å². The highest BCUT2D eigenvalue weighted by Gasteiger charge is 2.10. The molecular weight excluding hydrogens is 260 g/mol. The molecule has 0 N–H and O–H groups in total. The molecule has 0 aliphatic rings. The van der Waals surface area contributed by atoms with Gasteiger partial charge in [0, 0.05) is 11.1 Å². The highest BCUT2D eigenvalue weighted by molar-refractivity contribution is 6.09. The van der Waals surface area contributed by atoms with E-state index in [4.69, 9.17) is 4.74 Å². The average Bonchev–Trinajstić information content (AvgIpc) is 2.47. The third-order valence-corrected chi connectivity index (χ3v) is 3.22. The van der Waals surface area contributed by atoms with Crippen LogP contribution in [0.2, 0.25) is 0 Å². The van der Waals surface area contributed by atoms with Gasteiger partial charge in [0.2, 0.25) is 0 Å². The van der Waals surface area contributed by atoms with Crippen LogP contribution in [0.4, 0.5) is 0 Å². The summed E-state index contributed by atoms with van der Waals surface area (Å²) in [7, 11) is 0. The average molecular weight is 282 g/mol. The number of rotatable bonds is 6. The van der Waals surface area contributed by atoms with Gasteiger partial charge in [-0.1, -0.05) is 49.7 Å². The lowest BCUT2D eigenvalue weighted by Crippen LogP contribution is -2.07. The second-order valence-electron chi connectivity index (χ2n) is 5.47. The highest BCUT2D eigenvalue weighted by atomic mass is 16.5. The van der Waals surface area contributed by atoms with Gasteiger partial charge in [-0.2, -0.15) is 0 Å². The summed E-state index contributed by atoms with van der Waals surface area (Å²) < 4.78 is 5.64. The SMILES string of the molecule is CCCc1ccc(C(=O)c2cccc(OC(C)C)c2)cc1. The summed E-state index contributed by atoms with van der Waals surface area (Å²) in [5.41, 5.74) is 2.65. The number of hydrogen-bond donors (Lipinski definition) is 0. The topological polar surface area (TPSA) is 26.3 Å². The predicted molar refractivity (Wildman–Crippen MR) is 86.1 cm³/mol. The van der Waals surface area contributed by atoms with Crippen LogP contribution >= 0.6 is 0 Å². The molecule has 2 nitrogen and oxygen atoms in total. The minimum Gasteiger partial charge on any atom is -0.491 e. The molecule has 2 aromatic rings. The highest BCUT2D eigenvalue weighted by Crippen LogP contribution is 2.18. The van der Waals surface area contributed by atoms with Crippen LogP contribution in [0.1, 0.15) is 48.7 Å². The normalized spacial score (nSPS) is 10.7. The summed E-state index contributed by atoms with van der Waals surface area (Å²) in [6.07, 6.45) is 2.26. The Morgan fingerprint density at radius 2 is 1.76 bits per heavy atom. The van der Waals surface area contributed by atoms with E-state index in [0.29, 0.717) is 5.56 Å². The zero-order valence-corrected chi connectivity index (χ0v) is 12.9. The molecule has 0 unspecified atom stereocenters. The molecule has 2 aromatic carbocycles. The molecule has 0 fully saturated rings. The Bertz CT molecular complexity index is 597. The van der Waals surface area contributed by atoms with Crippen LogP contribution in [0.25, 0.3) is 0 Å². The fraction of sp³-hybridized carbons (Fsp3) is 0.316. The minimum absolute atomic E-state index is 0.0345. The van der Waals surface area contributed by atoms with E-state index in [2.05, 4.69) is 6.92 Å². The Morgan fingerprint density at radius 1 is 1.05 bits per heavy atom. The van der Waals surface area contributed by atoms with Crippen LogP contribution < -0.4 is 4.74 Å². The molecule has 21 heavy (non-hydrogen) atoms. The van der Waals surface area contributed by atoms with E-state index in [-0.39, 0.29) is 11.9 Å². The molecule has 0 spiro atoms. The fourth-order valence-electron chi connectivity index (χ4n) is 2.26. The largest absolute Gasteiger partial charge is 0.491 e. The standard InChI is InChI=1S/C19H22O2/c1-4-6-15-9-11-16(12-10-15)19(20)17-7-5-8-18(13-17)21-14(2)3/h5,7-14H,4,6H2,1-3H3. The molecule has 0 amide bonds. The maximum atomic E-state index is 12.5. The molecule has 0 radical (unpaired) electrons. The number of ketones is 1. The molecule has 110 valence electrons.